The van der Waals surface area contributed by atoms with Crippen molar-refractivity contribution >= 4 is 17.7 Å². The number of carbonyl (C=O) groups excluding carboxylic acids is 1. The Kier molecular flexibility index (Phi) is 6.45. The monoisotopic (exact) mass is 433 g/mol. The van der Waals surface area contributed by atoms with Crippen molar-refractivity contribution in [2.24, 2.45) is 0 Å². The lowest BCUT2D eigenvalue weighted by atomic mass is 9.98. The zero-order valence-corrected chi connectivity index (χ0v) is 17.5. The molecule has 0 amide bonds. The van der Waals surface area contributed by atoms with Gasteiger partial charge in [0, 0.05) is 17.2 Å². The number of nitrogens with one attached hydrogen (secondary N) is 1. The third-order valence-electron chi connectivity index (χ3n) is 4.79. The van der Waals surface area contributed by atoms with Crippen LogP contribution >= 0.6 is 0 Å². The third-order valence-corrected chi connectivity index (χ3v) is 4.79. The van der Waals surface area contributed by atoms with E-state index in [9.17, 15) is 18.8 Å². The van der Waals surface area contributed by atoms with Crippen LogP contribution in [0.5, 0.6) is 0 Å². The number of rotatable bonds is 6. The fourth-order valence-corrected chi connectivity index (χ4v) is 3.51. The zero-order valence-electron chi connectivity index (χ0n) is 17.5. The number of anilines is 1. The Labute approximate surface area is 182 Å². The number of nitrogens with two attached hydrogens (primary N) is 1. The first-order valence-electron chi connectivity index (χ1n) is 9.74. The summed E-state index contributed by atoms with van der Waals surface area (Å²) in [6.07, 6.45) is 3.03. The molecule has 162 valence electrons. The highest BCUT2D eigenvalue weighted by Crippen LogP contribution is 2.18. The van der Waals surface area contributed by atoms with Gasteiger partial charge in [-0.1, -0.05) is 13.0 Å². The molecule has 2 heterocycles. The van der Waals surface area contributed by atoms with Gasteiger partial charge in [-0.15, -0.1) is 0 Å². The molecule has 0 saturated heterocycles. The van der Waals surface area contributed by atoms with E-state index < -0.39 is 23.0 Å². The molecular weight excluding hydrogens is 413 g/mol. The van der Waals surface area contributed by atoms with Gasteiger partial charge in [0.05, 0.1) is 12.6 Å². The Morgan fingerprint density at radius 3 is 2.69 bits per heavy atom. The van der Waals surface area contributed by atoms with E-state index in [1.807, 2.05) is 6.07 Å². The number of nitrogens with zero attached hydrogens (tertiary/aromatic N) is 3. The summed E-state index contributed by atoms with van der Waals surface area (Å²) in [5.41, 5.74) is 6.12. The molecule has 9 heteroatoms. The van der Waals surface area contributed by atoms with Crippen LogP contribution in [-0.4, -0.2) is 20.3 Å². The summed E-state index contributed by atoms with van der Waals surface area (Å²) in [5, 5.41) is 8.78. The van der Waals surface area contributed by atoms with Gasteiger partial charge in [-0.2, -0.15) is 9.65 Å². The smallest absolute Gasteiger partial charge is 0.329 e. The molecule has 3 aromatic rings. The van der Waals surface area contributed by atoms with E-state index in [0.29, 0.717) is 11.1 Å². The van der Waals surface area contributed by atoms with Gasteiger partial charge in [-0.05, 0) is 60.4 Å². The van der Waals surface area contributed by atoms with Gasteiger partial charge >= 0.3 is 5.69 Å². The summed E-state index contributed by atoms with van der Waals surface area (Å²) in [7, 11) is 0. The number of benzene rings is 1. The fraction of sp³-hybridized carbons (Fsp3) is 0.174. The Bertz CT molecular complexity index is 1380. The van der Waals surface area contributed by atoms with E-state index in [2.05, 4.69) is 9.97 Å². The highest BCUT2D eigenvalue weighted by molar-refractivity contribution is 6.09. The van der Waals surface area contributed by atoms with Gasteiger partial charge in [-0.3, -0.25) is 19.1 Å². The van der Waals surface area contributed by atoms with E-state index in [-0.39, 0.29) is 35.6 Å². The number of halogens is 1. The first-order chi connectivity index (χ1) is 15.2. The minimum Gasteiger partial charge on any atom is -0.384 e. The molecule has 0 saturated carbocycles. The second-order valence-electron chi connectivity index (χ2n) is 7.17. The minimum atomic E-state index is -0.825. The Balaban J connectivity index is 2.23. The maximum Gasteiger partial charge on any atom is 0.329 e. The van der Waals surface area contributed by atoms with Crippen LogP contribution in [0.2, 0.25) is 0 Å². The minimum absolute atomic E-state index is 0.0753. The summed E-state index contributed by atoms with van der Waals surface area (Å²) in [5.74, 6) is -1.44. The molecule has 0 unspecified atom stereocenters. The normalized spacial score (nSPS) is 10.9. The molecule has 3 N–H and O–H groups in total. The number of aryl methyl sites for hydroxylation is 1. The average Bonchev–Trinajstić information content (AvgIpc) is 2.72. The third kappa shape index (κ3) is 4.70. The average molecular weight is 433 g/mol. The predicted molar refractivity (Wildman–Crippen MR) is 118 cm³/mol. The number of allylic oxidation sites excluding steroid dienone is 1. The van der Waals surface area contributed by atoms with Gasteiger partial charge in [0.2, 0.25) is 11.7 Å². The molecule has 0 aliphatic heterocycles. The molecule has 1 aromatic carbocycles. The molecule has 0 spiro atoms. The van der Waals surface area contributed by atoms with Crippen molar-refractivity contribution < 1.29 is 9.18 Å². The first kappa shape index (κ1) is 22.4. The van der Waals surface area contributed by atoms with Crippen LogP contribution in [-0.2, 0) is 13.0 Å². The van der Waals surface area contributed by atoms with Crippen molar-refractivity contribution in [2.45, 2.75) is 26.8 Å². The number of nitrogen functional groups attached to an aromatic ring is 1. The standard InChI is InChI=1S/C23H20FN5O3/c1-3-17-20(21(30)16-8-13(2)7-14(9-16)5-4-6-25)29(23(32)28-22(17)31)12-15-10-18(24)27-19(26)11-15/h4-5,7-11H,3,12H2,1-2H3,(H2,26,27)(H,28,31,32)/b5-4+. The maximum absolute atomic E-state index is 13.7. The molecule has 3 rings (SSSR count). The highest BCUT2D eigenvalue weighted by Gasteiger charge is 2.22. The number of carbonyl (C=O) groups is 1. The van der Waals surface area contributed by atoms with Gasteiger partial charge < -0.3 is 5.73 Å². The maximum atomic E-state index is 13.7. The number of ketones is 1. The number of pyridine rings is 1. The molecule has 32 heavy (non-hydrogen) atoms. The van der Waals surface area contributed by atoms with E-state index in [1.54, 1.807) is 38.1 Å². The predicted octanol–water partition coefficient (Wildman–Crippen LogP) is 2.34. The van der Waals surface area contributed by atoms with E-state index in [4.69, 9.17) is 11.0 Å². The second-order valence-corrected chi connectivity index (χ2v) is 7.17. The lowest BCUT2D eigenvalue weighted by Gasteiger charge is -2.16. The van der Waals surface area contributed by atoms with Crippen molar-refractivity contribution in [1.82, 2.24) is 14.5 Å². The van der Waals surface area contributed by atoms with Crippen LogP contribution < -0.4 is 17.0 Å². The molecule has 0 fully saturated rings. The summed E-state index contributed by atoms with van der Waals surface area (Å²) in [4.78, 5) is 44.4. The summed E-state index contributed by atoms with van der Waals surface area (Å²) < 4.78 is 14.8. The lowest BCUT2D eigenvalue weighted by Crippen LogP contribution is -2.37. The lowest BCUT2D eigenvalue weighted by molar-refractivity contribution is 0.102. The van der Waals surface area contributed by atoms with Crippen LogP contribution in [0, 0.1) is 24.2 Å². The van der Waals surface area contributed by atoms with Crippen LogP contribution in [0.4, 0.5) is 10.2 Å². The van der Waals surface area contributed by atoms with Crippen molar-refractivity contribution in [3.63, 3.8) is 0 Å². The molecule has 0 aliphatic rings. The number of hydrogen-bond acceptors (Lipinski definition) is 6. The molecule has 0 radical (unpaired) electrons. The summed E-state index contributed by atoms with van der Waals surface area (Å²) >= 11 is 0. The second kappa shape index (κ2) is 9.22. The fourth-order valence-electron chi connectivity index (χ4n) is 3.51. The number of aromatic nitrogens is 3. The number of nitriles is 1. The number of H-pyrrole nitrogens is 1. The Hall–Kier alpha value is -4.32. The van der Waals surface area contributed by atoms with Gasteiger partial charge in [0.1, 0.15) is 11.5 Å². The van der Waals surface area contributed by atoms with Gasteiger partial charge in [0.25, 0.3) is 5.56 Å². The van der Waals surface area contributed by atoms with Crippen molar-refractivity contribution in [2.75, 3.05) is 5.73 Å². The van der Waals surface area contributed by atoms with E-state index >= 15 is 0 Å². The van der Waals surface area contributed by atoms with Crippen molar-refractivity contribution in [3.8, 4) is 6.07 Å². The van der Waals surface area contributed by atoms with Gasteiger partial charge in [0.15, 0.2) is 0 Å². The summed E-state index contributed by atoms with van der Waals surface area (Å²) in [6.45, 7) is 3.28. The molecule has 0 aliphatic carbocycles. The van der Waals surface area contributed by atoms with Crippen LogP contribution in [0.15, 0.2) is 46.0 Å². The SMILES string of the molecule is CCc1c(C(=O)c2cc(C)cc(/C=C/C#N)c2)n(Cc2cc(N)nc(F)c2)c(=O)[nH]c1=O. The topological polar surface area (TPSA) is 135 Å². The molecule has 0 atom stereocenters. The highest BCUT2D eigenvalue weighted by atomic mass is 19.1. The zero-order chi connectivity index (χ0) is 23.4. The van der Waals surface area contributed by atoms with Crippen LogP contribution in [0.25, 0.3) is 6.08 Å². The van der Waals surface area contributed by atoms with E-state index in [0.717, 1.165) is 16.2 Å². The van der Waals surface area contributed by atoms with E-state index in [1.165, 1.54) is 12.1 Å². The van der Waals surface area contributed by atoms with Crippen LogP contribution in [0.1, 0.15) is 45.2 Å². The van der Waals surface area contributed by atoms with Gasteiger partial charge in [-0.25, -0.2) is 9.78 Å². The molecular formula is C23H20FN5O3. The number of aromatic amines is 1. The molecule has 2 aromatic heterocycles. The first-order valence-corrected chi connectivity index (χ1v) is 9.74. The summed E-state index contributed by atoms with van der Waals surface area (Å²) in [6, 6.07) is 9.37. The van der Waals surface area contributed by atoms with Crippen molar-refractivity contribution in [1.29, 1.82) is 5.26 Å². The number of hydrogen-bond donors (Lipinski definition) is 2. The molecule has 0 bridgehead atoms. The Morgan fingerprint density at radius 2 is 2.03 bits per heavy atom. The molecule has 8 nitrogen and oxygen atoms in total. The quantitative estimate of drug-likeness (QED) is 0.348. The van der Waals surface area contributed by atoms with Crippen LogP contribution in [0.3, 0.4) is 0 Å². The van der Waals surface area contributed by atoms with Crippen molar-refractivity contribution in [3.05, 3.63) is 96.7 Å². The Morgan fingerprint density at radius 1 is 1.28 bits per heavy atom. The largest absolute Gasteiger partial charge is 0.384 e.